The fourth-order valence-corrected chi connectivity index (χ4v) is 4.62. The number of hydrogen-bond acceptors (Lipinski definition) is 5. The summed E-state index contributed by atoms with van der Waals surface area (Å²) in [5.41, 5.74) is 1.59. The standard InChI is InChI=1S/C29H34O5S/c1-4-22-9-6-10-23(19-22)15-17-27(30)29(3,21-25-12-7-13-25)28(31)18-16-24-11-8-14-26(20-24)34-35(32,33)5-2/h6,8-11,14-20,25H,4-5,7,12-13,21H2,1-3H3. The first-order valence-corrected chi connectivity index (χ1v) is 13.8. The number of benzene rings is 2. The second-order valence-corrected chi connectivity index (χ2v) is 11.2. The molecule has 0 N–H and O–H groups in total. The van der Waals surface area contributed by atoms with Gasteiger partial charge in [-0.1, -0.05) is 74.7 Å². The van der Waals surface area contributed by atoms with E-state index in [2.05, 4.69) is 6.92 Å². The monoisotopic (exact) mass is 494 g/mol. The van der Waals surface area contributed by atoms with Gasteiger partial charge >= 0.3 is 10.1 Å². The smallest absolute Gasteiger partial charge is 0.308 e. The molecule has 0 bridgehead atoms. The van der Waals surface area contributed by atoms with Crippen molar-refractivity contribution in [2.75, 3.05) is 5.75 Å². The van der Waals surface area contributed by atoms with E-state index >= 15 is 0 Å². The van der Waals surface area contributed by atoms with Crippen molar-refractivity contribution in [2.45, 2.75) is 52.9 Å². The van der Waals surface area contributed by atoms with Gasteiger partial charge in [0.2, 0.25) is 0 Å². The van der Waals surface area contributed by atoms with E-state index in [1.54, 1.807) is 43.3 Å². The van der Waals surface area contributed by atoms with Gasteiger partial charge in [0.05, 0.1) is 11.2 Å². The number of carbonyl (C=O) groups excluding carboxylic acids is 2. The molecule has 0 saturated heterocycles. The van der Waals surface area contributed by atoms with Gasteiger partial charge in [0.1, 0.15) is 5.75 Å². The maximum absolute atomic E-state index is 13.4. The Morgan fingerprint density at radius 3 is 2.11 bits per heavy atom. The summed E-state index contributed by atoms with van der Waals surface area (Å²) in [5.74, 6) is -0.0364. The van der Waals surface area contributed by atoms with Gasteiger partial charge in [0.25, 0.3) is 0 Å². The summed E-state index contributed by atoms with van der Waals surface area (Å²) in [6, 6.07) is 14.5. The van der Waals surface area contributed by atoms with Gasteiger partial charge in [-0.25, -0.2) is 0 Å². The molecule has 35 heavy (non-hydrogen) atoms. The molecule has 186 valence electrons. The number of rotatable bonds is 12. The predicted molar refractivity (Wildman–Crippen MR) is 140 cm³/mol. The maximum Gasteiger partial charge on any atom is 0.308 e. The van der Waals surface area contributed by atoms with Gasteiger partial charge < -0.3 is 4.18 Å². The van der Waals surface area contributed by atoms with Gasteiger partial charge in [-0.3, -0.25) is 9.59 Å². The van der Waals surface area contributed by atoms with Crippen LogP contribution in [0.1, 0.15) is 63.1 Å². The average molecular weight is 495 g/mol. The molecular formula is C29H34O5S. The van der Waals surface area contributed by atoms with E-state index in [9.17, 15) is 18.0 Å². The van der Waals surface area contributed by atoms with E-state index < -0.39 is 15.5 Å². The minimum Gasteiger partial charge on any atom is -0.382 e. The van der Waals surface area contributed by atoms with Crippen LogP contribution in [0.2, 0.25) is 0 Å². The van der Waals surface area contributed by atoms with Crippen LogP contribution in [0.5, 0.6) is 5.75 Å². The number of hydrogen-bond donors (Lipinski definition) is 0. The van der Waals surface area contributed by atoms with Crippen LogP contribution in [-0.4, -0.2) is 25.7 Å². The zero-order valence-corrected chi connectivity index (χ0v) is 21.5. The number of allylic oxidation sites excluding steroid dienone is 2. The molecular weight excluding hydrogens is 460 g/mol. The summed E-state index contributed by atoms with van der Waals surface area (Å²) in [5, 5.41) is 0. The molecule has 2 aromatic rings. The SMILES string of the molecule is CCc1cccc(C=CC(=O)C(C)(CC2CCC2)C(=O)C=Cc2cccc(OS(=O)(=O)CC)c2)c1. The fraction of sp³-hybridized carbons (Fsp3) is 0.379. The van der Waals surface area contributed by atoms with Crippen LogP contribution in [0.4, 0.5) is 0 Å². The van der Waals surface area contributed by atoms with E-state index in [1.165, 1.54) is 24.6 Å². The summed E-state index contributed by atoms with van der Waals surface area (Å²) in [4.78, 5) is 26.7. The third-order valence-corrected chi connectivity index (χ3v) is 7.81. The first-order valence-electron chi connectivity index (χ1n) is 12.2. The highest BCUT2D eigenvalue weighted by Crippen LogP contribution is 2.39. The molecule has 3 rings (SSSR count). The molecule has 0 aliphatic heterocycles. The van der Waals surface area contributed by atoms with Crippen LogP contribution in [0, 0.1) is 11.3 Å². The van der Waals surface area contributed by atoms with Gasteiger partial charge in [0, 0.05) is 0 Å². The Morgan fingerprint density at radius 1 is 0.971 bits per heavy atom. The van der Waals surface area contributed by atoms with Gasteiger partial charge in [-0.15, -0.1) is 0 Å². The zero-order chi connectivity index (χ0) is 25.5. The average Bonchev–Trinajstić information content (AvgIpc) is 2.83. The second-order valence-electron chi connectivity index (χ2n) is 9.33. The third kappa shape index (κ3) is 7.25. The molecule has 0 spiro atoms. The lowest BCUT2D eigenvalue weighted by molar-refractivity contribution is -0.135. The molecule has 5 nitrogen and oxygen atoms in total. The first kappa shape index (κ1) is 26.6. The van der Waals surface area contributed by atoms with Crippen molar-refractivity contribution in [1.82, 2.24) is 0 Å². The zero-order valence-electron chi connectivity index (χ0n) is 20.7. The predicted octanol–water partition coefficient (Wildman–Crippen LogP) is 6.04. The second kappa shape index (κ2) is 11.6. The molecule has 0 heterocycles. The third-order valence-electron chi connectivity index (χ3n) is 6.66. The molecule has 0 aromatic heterocycles. The molecule has 0 radical (unpaired) electrons. The number of ketones is 2. The van der Waals surface area contributed by atoms with Crippen LogP contribution in [0.25, 0.3) is 12.2 Å². The summed E-state index contributed by atoms with van der Waals surface area (Å²) >= 11 is 0. The van der Waals surface area contributed by atoms with E-state index in [4.69, 9.17) is 4.18 Å². The van der Waals surface area contributed by atoms with E-state index in [0.717, 1.165) is 31.2 Å². The van der Waals surface area contributed by atoms with Gasteiger partial charge in [-0.2, -0.15) is 8.42 Å². The van der Waals surface area contributed by atoms with Crippen molar-refractivity contribution in [3.05, 3.63) is 77.4 Å². The van der Waals surface area contributed by atoms with Crippen molar-refractivity contribution < 1.29 is 22.2 Å². The molecule has 0 amide bonds. The largest absolute Gasteiger partial charge is 0.382 e. The molecule has 1 saturated carbocycles. The van der Waals surface area contributed by atoms with E-state index in [0.29, 0.717) is 17.9 Å². The summed E-state index contributed by atoms with van der Waals surface area (Å²) in [6.45, 7) is 5.33. The molecule has 6 heteroatoms. The van der Waals surface area contributed by atoms with E-state index in [-0.39, 0.29) is 23.1 Å². The molecule has 1 aliphatic rings. The van der Waals surface area contributed by atoms with Crippen molar-refractivity contribution in [3.8, 4) is 5.75 Å². The highest BCUT2D eigenvalue weighted by atomic mass is 32.2. The lowest BCUT2D eigenvalue weighted by Gasteiger charge is -2.33. The van der Waals surface area contributed by atoms with Crippen LogP contribution in [-0.2, 0) is 26.1 Å². The van der Waals surface area contributed by atoms with Gasteiger partial charge in [-0.05, 0) is 73.6 Å². The highest BCUT2D eigenvalue weighted by molar-refractivity contribution is 7.87. The molecule has 2 aromatic carbocycles. The van der Waals surface area contributed by atoms with Crippen molar-refractivity contribution in [2.24, 2.45) is 11.3 Å². The Balaban J connectivity index is 1.80. The maximum atomic E-state index is 13.4. The molecule has 1 atom stereocenters. The highest BCUT2D eigenvalue weighted by Gasteiger charge is 2.41. The van der Waals surface area contributed by atoms with E-state index in [1.807, 2.05) is 24.3 Å². The Labute approximate surface area is 209 Å². The molecule has 1 fully saturated rings. The first-order chi connectivity index (χ1) is 16.6. The Bertz CT molecular complexity index is 1220. The van der Waals surface area contributed by atoms with Crippen LogP contribution >= 0.6 is 0 Å². The Hall–Kier alpha value is -2.99. The fourth-order valence-electron chi connectivity index (χ4n) is 4.10. The van der Waals surface area contributed by atoms with Crippen molar-refractivity contribution >= 4 is 33.8 Å². The Morgan fingerprint density at radius 2 is 1.57 bits per heavy atom. The summed E-state index contributed by atoms with van der Waals surface area (Å²) < 4.78 is 28.6. The molecule has 1 aliphatic carbocycles. The van der Waals surface area contributed by atoms with Crippen molar-refractivity contribution in [3.63, 3.8) is 0 Å². The lowest BCUT2D eigenvalue weighted by Crippen LogP contribution is -2.37. The molecule has 1 unspecified atom stereocenters. The summed E-state index contributed by atoms with van der Waals surface area (Å²) in [7, 11) is -3.64. The summed E-state index contributed by atoms with van der Waals surface area (Å²) in [6.07, 6.45) is 11.0. The van der Waals surface area contributed by atoms with Crippen LogP contribution < -0.4 is 4.18 Å². The topological polar surface area (TPSA) is 77.5 Å². The quantitative estimate of drug-likeness (QED) is 0.204. The van der Waals surface area contributed by atoms with Crippen molar-refractivity contribution in [1.29, 1.82) is 0 Å². The van der Waals surface area contributed by atoms with Crippen LogP contribution in [0.15, 0.2) is 60.7 Å². The number of aryl methyl sites for hydroxylation is 1. The lowest BCUT2D eigenvalue weighted by atomic mass is 9.68. The normalized spacial score (nSPS) is 16.2. The number of carbonyl (C=O) groups is 2. The Kier molecular flexibility index (Phi) is 8.84. The minimum atomic E-state index is -3.64. The van der Waals surface area contributed by atoms with Gasteiger partial charge in [0.15, 0.2) is 11.6 Å². The minimum absolute atomic E-state index is 0.135. The van der Waals surface area contributed by atoms with Crippen LogP contribution in [0.3, 0.4) is 0 Å².